The van der Waals surface area contributed by atoms with Gasteiger partial charge in [0.25, 0.3) is 0 Å². The van der Waals surface area contributed by atoms with E-state index in [-0.39, 0.29) is 6.54 Å². The second-order valence-corrected chi connectivity index (χ2v) is 3.32. The molecule has 0 aromatic rings. The highest BCUT2D eigenvalue weighted by atomic mass is 18.2. The molecule has 0 amide bonds. The summed E-state index contributed by atoms with van der Waals surface area (Å²) in [5.74, 6) is -1.02. The van der Waals surface area contributed by atoms with Crippen LogP contribution in [0.5, 0.6) is 0 Å². The van der Waals surface area contributed by atoms with Crippen LogP contribution >= 0.6 is 0 Å². The van der Waals surface area contributed by atoms with E-state index in [1.807, 2.05) is 0 Å². The predicted octanol–water partition coefficient (Wildman–Crippen LogP) is -0.0177. The van der Waals surface area contributed by atoms with Gasteiger partial charge in [-0.1, -0.05) is 0 Å². The van der Waals surface area contributed by atoms with E-state index < -0.39 is 18.7 Å². The minimum absolute atomic E-state index is 0.220. The first-order chi connectivity index (χ1) is 7.13. The van der Waals surface area contributed by atoms with Gasteiger partial charge in [-0.25, -0.2) is 4.39 Å². The summed E-state index contributed by atoms with van der Waals surface area (Å²) >= 11 is 0. The van der Waals surface area contributed by atoms with E-state index >= 15 is 0 Å². The fraction of sp³-hybridized carbons (Fsp3) is 0.750. The van der Waals surface area contributed by atoms with Crippen molar-refractivity contribution in [2.24, 2.45) is 16.1 Å². The maximum atomic E-state index is 11.9. The highest BCUT2D eigenvalue weighted by molar-refractivity contribution is 5.86. The number of nitrogens with two attached hydrogens (primary N) is 1. The number of hydrogen-bond acceptors (Lipinski definition) is 4. The zero-order chi connectivity index (χ0) is 11.3. The van der Waals surface area contributed by atoms with E-state index in [4.69, 9.17) is 10.8 Å². The maximum Gasteiger partial charge on any atom is 0.320 e. The average molecular weight is 216 g/mol. The minimum atomic E-state index is -1.02. The highest BCUT2D eigenvalue weighted by Gasteiger charge is 2.22. The largest absolute Gasteiger partial charge is 0.480 e. The first-order valence-corrected chi connectivity index (χ1v) is 4.69. The first kappa shape index (κ1) is 11.7. The maximum absolute atomic E-state index is 11.9. The fourth-order valence-electron chi connectivity index (χ4n) is 1.20. The fourth-order valence-corrected chi connectivity index (χ4v) is 1.20. The molecule has 0 saturated heterocycles. The Bertz CT molecular complexity index is 303. The lowest BCUT2D eigenvalue weighted by Crippen LogP contribution is -2.31. The molecule has 0 aliphatic carbocycles. The number of carboxylic acid groups (broad SMARTS) is 1. The third-order valence-electron chi connectivity index (χ3n) is 2.08. The second-order valence-electron chi connectivity index (χ2n) is 3.32. The van der Waals surface area contributed by atoms with Crippen molar-refractivity contribution in [1.29, 1.82) is 0 Å². The molecule has 6 nitrogen and oxygen atoms in total. The molecule has 1 atom stereocenters. The number of halogens is 1. The molecule has 0 fully saturated rings. The van der Waals surface area contributed by atoms with Crippen LogP contribution < -0.4 is 5.73 Å². The summed E-state index contributed by atoms with van der Waals surface area (Å²) in [6, 6.07) is -0.872. The van der Waals surface area contributed by atoms with E-state index in [9.17, 15) is 9.18 Å². The molecule has 0 radical (unpaired) electrons. The average Bonchev–Trinajstić information content (AvgIpc) is 2.62. The van der Waals surface area contributed by atoms with Crippen molar-refractivity contribution < 1.29 is 19.0 Å². The van der Waals surface area contributed by atoms with E-state index in [1.165, 1.54) is 4.70 Å². The number of rotatable bonds is 6. The number of nitrogens with zero attached hydrogens (tertiary/aromatic N) is 3. The first-order valence-electron chi connectivity index (χ1n) is 4.69. The van der Waals surface area contributed by atoms with E-state index in [2.05, 4.69) is 10.3 Å². The Morgan fingerprint density at radius 2 is 2.47 bits per heavy atom. The minimum Gasteiger partial charge on any atom is -0.480 e. The van der Waals surface area contributed by atoms with Crippen LogP contribution in [0.15, 0.2) is 10.3 Å². The smallest absolute Gasteiger partial charge is 0.320 e. The zero-order valence-electron chi connectivity index (χ0n) is 8.27. The quantitative estimate of drug-likeness (QED) is 0.611. The predicted molar refractivity (Wildman–Crippen MR) is 50.7 cm³/mol. The molecule has 1 rings (SSSR count). The highest BCUT2D eigenvalue weighted by Crippen LogP contribution is 2.04. The van der Waals surface area contributed by atoms with Crippen molar-refractivity contribution in [2.75, 3.05) is 19.8 Å². The monoisotopic (exact) mass is 216 g/mol. The molecule has 1 aliphatic heterocycles. The summed E-state index contributed by atoms with van der Waals surface area (Å²) in [5, 5.41) is 16.1. The van der Waals surface area contributed by atoms with Gasteiger partial charge in [-0.3, -0.25) is 4.79 Å². The van der Waals surface area contributed by atoms with Crippen LogP contribution in [0, 0.1) is 0 Å². The van der Waals surface area contributed by atoms with E-state index in [0.29, 0.717) is 19.4 Å². The van der Waals surface area contributed by atoms with Crippen molar-refractivity contribution in [2.45, 2.75) is 18.9 Å². The molecule has 3 N–H and O–H groups in total. The number of aliphatic carboxylic acids is 1. The Balaban J connectivity index is 2.24. The molecule has 84 valence electrons. The Labute approximate surface area is 86.3 Å². The molecule has 15 heavy (non-hydrogen) atoms. The van der Waals surface area contributed by atoms with Crippen LogP contribution in [0.25, 0.3) is 0 Å². The van der Waals surface area contributed by atoms with Gasteiger partial charge >= 0.3 is 5.97 Å². The summed E-state index contributed by atoms with van der Waals surface area (Å²) in [5.41, 5.74) is 6.08. The normalized spacial score (nSPS) is 17.2. The Morgan fingerprint density at radius 3 is 3.07 bits per heavy atom. The van der Waals surface area contributed by atoms with E-state index in [0.717, 1.165) is 5.71 Å². The van der Waals surface area contributed by atoms with Gasteiger partial charge in [0.15, 0.2) is 6.54 Å². The third kappa shape index (κ3) is 3.70. The zero-order valence-corrected chi connectivity index (χ0v) is 8.27. The Hall–Kier alpha value is -1.37. The van der Waals surface area contributed by atoms with Crippen LogP contribution in [0.2, 0.25) is 0 Å². The van der Waals surface area contributed by atoms with Crippen molar-refractivity contribution >= 4 is 11.7 Å². The second kappa shape index (κ2) is 5.50. The lowest BCUT2D eigenvalue weighted by atomic mass is 10.1. The van der Waals surface area contributed by atoms with Gasteiger partial charge in [-0.15, -0.1) is 0 Å². The molecular formula is C8H14FN4O2+. The van der Waals surface area contributed by atoms with Gasteiger partial charge in [0.05, 0.1) is 5.10 Å². The third-order valence-corrected chi connectivity index (χ3v) is 2.08. The van der Waals surface area contributed by atoms with Gasteiger partial charge < -0.3 is 10.8 Å². The number of carbonyl (C=O) groups is 1. The van der Waals surface area contributed by atoms with Gasteiger partial charge in [-0.05, 0) is 6.42 Å². The summed E-state index contributed by atoms with van der Waals surface area (Å²) in [7, 11) is 0. The van der Waals surface area contributed by atoms with Gasteiger partial charge in [0, 0.05) is 6.42 Å². The molecule has 1 heterocycles. The molecule has 0 aromatic heterocycles. The van der Waals surface area contributed by atoms with Crippen molar-refractivity contribution in [1.82, 2.24) is 0 Å². The molecule has 0 bridgehead atoms. The number of carboxylic acids is 1. The molecule has 1 unspecified atom stereocenters. The van der Waals surface area contributed by atoms with E-state index in [1.54, 1.807) is 0 Å². The molecule has 1 aliphatic rings. The Morgan fingerprint density at radius 1 is 1.73 bits per heavy atom. The number of alkyl halides is 1. The lowest BCUT2D eigenvalue weighted by molar-refractivity contribution is -0.576. The van der Waals surface area contributed by atoms with Crippen molar-refractivity contribution in [3.63, 3.8) is 0 Å². The molecule has 7 heteroatoms. The van der Waals surface area contributed by atoms with Crippen LogP contribution in [-0.4, -0.2) is 47.3 Å². The van der Waals surface area contributed by atoms with Crippen LogP contribution in [0.4, 0.5) is 4.39 Å². The lowest BCUT2D eigenvalue weighted by Gasteiger charge is -2.02. The summed E-state index contributed by atoms with van der Waals surface area (Å²) < 4.78 is 13.4. The van der Waals surface area contributed by atoms with Crippen LogP contribution in [0.3, 0.4) is 0 Å². The summed E-state index contributed by atoms with van der Waals surface area (Å²) in [6.07, 6.45) is 0.812. The molecule has 0 saturated carbocycles. The number of hydrogen-bond donors (Lipinski definition) is 2. The van der Waals surface area contributed by atoms with Crippen LogP contribution in [-0.2, 0) is 4.79 Å². The molecular weight excluding hydrogens is 202 g/mol. The summed E-state index contributed by atoms with van der Waals surface area (Å²) in [6.45, 7) is 0.217. The van der Waals surface area contributed by atoms with Crippen molar-refractivity contribution in [3.05, 3.63) is 0 Å². The molecule has 0 spiro atoms. The van der Waals surface area contributed by atoms with Gasteiger partial charge in [-0.2, -0.15) is 4.70 Å². The standard InChI is InChI=1S/C8H13FN4O2/c9-3-4-13-5-6(11-12-13)1-2-7(10)8(14)15/h7H,1-5,10H2/p+1/i9-1. The van der Waals surface area contributed by atoms with Gasteiger partial charge in [0.1, 0.15) is 24.5 Å². The SMILES string of the molecule is NC(CCC1=NN=[N+](CC[18F])C1)C(=O)O. The van der Waals surface area contributed by atoms with Crippen LogP contribution in [0.1, 0.15) is 12.8 Å². The molecule has 0 aromatic carbocycles. The van der Waals surface area contributed by atoms with Gasteiger partial charge in [0.2, 0.25) is 5.71 Å². The van der Waals surface area contributed by atoms with Crippen molar-refractivity contribution in [3.8, 4) is 0 Å². The Kier molecular flexibility index (Phi) is 4.29. The summed E-state index contributed by atoms with van der Waals surface area (Å²) in [4.78, 5) is 10.4. The topological polar surface area (TPSA) is 91.0 Å².